The Bertz CT molecular complexity index is 308. The van der Waals surface area contributed by atoms with Crippen LogP contribution in [0.2, 0.25) is 0 Å². The van der Waals surface area contributed by atoms with Crippen molar-refractivity contribution in [1.29, 1.82) is 0 Å². The van der Waals surface area contributed by atoms with Crippen molar-refractivity contribution in [2.24, 2.45) is 0 Å². The fourth-order valence-corrected chi connectivity index (χ4v) is 2.03. The fourth-order valence-electron chi connectivity index (χ4n) is 1.30. The highest BCUT2D eigenvalue weighted by atomic mass is 32.2. The van der Waals surface area contributed by atoms with E-state index in [1.54, 1.807) is 20.8 Å². The summed E-state index contributed by atoms with van der Waals surface area (Å²) >= 11 is -2.48. The van der Waals surface area contributed by atoms with Gasteiger partial charge < -0.3 is 9.84 Å². The molecule has 0 saturated heterocycles. The zero-order valence-electron chi connectivity index (χ0n) is 9.60. The molecule has 0 aliphatic heterocycles. The van der Waals surface area contributed by atoms with Crippen LogP contribution in [0, 0.1) is 0 Å². The van der Waals surface area contributed by atoms with Crippen LogP contribution in [0.4, 0.5) is 4.79 Å². The summed E-state index contributed by atoms with van der Waals surface area (Å²) in [5, 5.41) is 9.13. The summed E-state index contributed by atoms with van der Waals surface area (Å²) < 4.78 is 25.9. The Hall–Kier alpha value is -0.660. The van der Waals surface area contributed by atoms with Crippen LogP contribution < -0.4 is 0 Å². The number of ether oxygens (including phenoxy) is 1. The minimum absolute atomic E-state index is 0.335. The van der Waals surface area contributed by atoms with Crippen molar-refractivity contribution in [2.45, 2.75) is 44.8 Å². The maximum Gasteiger partial charge on any atom is 0.424 e. The Morgan fingerprint density at radius 3 is 2.25 bits per heavy atom. The van der Waals surface area contributed by atoms with Gasteiger partial charge in [-0.3, -0.25) is 4.55 Å². The Kier molecular flexibility index (Phi) is 3.61. The molecule has 1 atom stereocenters. The van der Waals surface area contributed by atoms with Crippen molar-refractivity contribution < 1.29 is 23.4 Å². The van der Waals surface area contributed by atoms with E-state index < -0.39 is 28.5 Å². The van der Waals surface area contributed by atoms with E-state index in [-0.39, 0.29) is 6.61 Å². The number of hydrogen-bond acceptors (Lipinski definition) is 4. The average Bonchev–Trinajstić information content (AvgIpc) is 2.81. The van der Waals surface area contributed by atoms with Crippen molar-refractivity contribution >= 4 is 17.4 Å². The molecular weight excluding hydrogens is 234 g/mol. The van der Waals surface area contributed by atoms with Crippen molar-refractivity contribution in [2.75, 3.05) is 6.61 Å². The quantitative estimate of drug-likeness (QED) is 0.727. The predicted molar refractivity (Wildman–Crippen MR) is 57.9 cm³/mol. The van der Waals surface area contributed by atoms with E-state index in [1.807, 2.05) is 0 Å². The van der Waals surface area contributed by atoms with Gasteiger partial charge in [0.2, 0.25) is 0 Å². The van der Waals surface area contributed by atoms with Gasteiger partial charge in [0.1, 0.15) is 5.60 Å². The molecule has 94 valence electrons. The summed E-state index contributed by atoms with van der Waals surface area (Å²) in [5.41, 5.74) is -1.65. The van der Waals surface area contributed by atoms with Gasteiger partial charge in [0, 0.05) is 0 Å². The van der Waals surface area contributed by atoms with Gasteiger partial charge in [-0.1, -0.05) is 0 Å². The number of amides is 1. The zero-order valence-corrected chi connectivity index (χ0v) is 10.4. The number of carbonyl (C=O) groups excluding carboxylic acids is 1. The van der Waals surface area contributed by atoms with Gasteiger partial charge in [-0.15, -0.1) is 0 Å². The second-order valence-corrected chi connectivity index (χ2v) is 5.71. The lowest BCUT2D eigenvalue weighted by Gasteiger charge is -2.29. The van der Waals surface area contributed by atoms with Gasteiger partial charge in [-0.2, -0.15) is 4.31 Å². The van der Waals surface area contributed by atoms with Crippen LogP contribution in [-0.4, -0.2) is 42.0 Å². The molecule has 0 spiro atoms. The van der Waals surface area contributed by atoms with E-state index in [0.717, 1.165) is 0 Å². The van der Waals surface area contributed by atoms with Gasteiger partial charge in [0.05, 0.1) is 12.1 Å². The van der Waals surface area contributed by atoms with E-state index in [4.69, 9.17) is 14.4 Å². The highest BCUT2D eigenvalue weighted by Gasteiger charge is 2.54. The normalized spacial score (nSPS) is 20.1. The maximum absolute atomic E-state index is 11.7. The van der Waals surface area contributed by atoms with Crippen LogP contribution in [-0.2, 0) is 16.0 Å². The first-order valence-corrected chi connectivity index (χ1v) is 6.03. The topological polar surface area (TPSA) is 87.1 Å². The van der Waals surface area contributed by atoms with Crippen LogP contribution in [0.5, 0.6) is 0 Å². The molecule has 6 nitrogen and oxygen atoms in total. The number of carbonyl (C=O) groups is 1. The van der Waals surface area contributed by atoms with Crippen LogP contribution in [0.3, 0.4) is 0 Å². The van der Waals surface area contributed by atoms with E-state index in [1.165, 1.54) is 0 Å². The van der Waals surface area contributed by atoms with Crippen molar-refractivity contribution in [3.05, 3.63) is 0 Å². The number of nitrogens with zero attached hydrogens (tertiary/aromatic N) is 1. The maximum atomic E-state index is 11.7. The molecule has 16 heavy (non-hydrogen) atoms. The van der Waals surface area contributed by atoms with Crippen LogP contribution in [0.25, 0.3) is 0 Å². The molecule has 0 aromatic rings. The second-order valence-electron chi connectivity index (χ2n) is 4.89. The Balaban J connectivity index is 2.80. The summed E-state index contributed by atoms with van der Waals surface area (Å²) in [6, 6.07) is 0. The molecule has 2 N–H and O–H groups in total. The third-order valence-electron chi connectivity index (χ3n) is 2.27. The number of hydrogen-bond donors (Lipinski definition) is 2. The van der Waals surface area contributed by atoms with E-state index in [9.17, 15) is 9.00 Å². The molecule has 0 aromatic heterocycles. The highest BCUT2D eigenvalue weighted by Crippen LogP contribution is 2.42. The minimum Gasteiger partial charge on any atom is -0.443 e. The monoisotopic (exact) mass is 251 g/mol. The van der Waals surface area contributed by atoms with E-state index >= 15 is 0 Å². The molecule has 0 bridgehead atoms. The molecule has 7 heteroatoms. The lowest BCUT2D eigenvalue weighted by Crippen LogP contribution is -2.47. The van der Waals surface area contributed by atoms with Crippen LogP contribution in [0.15, 0.2) is 0 Å². The molecule has 0 heterocycles. The number of aliphatic hydroxyl groups excluding tert-OH is 1. The molecule has 1 rings (SSSR count). The minimum atomic E-state index is -2.48. The van der Waals surface area contributed by atoms with E-state index in [2.05, 4.69) is 0 Å². The lowest BCUT2D eigenvalue weighted by molar-refractivity contribution is 0.0264. The zero-order chi connectivity index (χ0) is 12.6. The molecule has 0 radical (unpaired) electrons. The summed E-state index contributed by atoms with van der Waals surface area (Å²) in [5.74, 6) is 0. The standard InChI is InChI=1S/C9H17NO5S/c1-8(2,3)15-7(12)10(16(13)14)9(6-11)4-5-9/h11H,4-6H2,1-3H3,(H,13,14). The Morgan fingerprint density at radius 1 is 1.50 bits per heavy atom. The smallest absolute Gasteiger partial charge is 0.424 e. The summed E-state index contributed by atoms with van der Waals surface area (Å²) in [4.78, 5) is 11.7. The first-order chi connectivity index (χ1) is 7.22. The number of aliphatic hydroxyl groups is 1. The van der Waals surface area contributed by atoms with Gasteiger partial charge in [-0.25, -0.2) is 9.00 Å². The highest BCUT2D eigenvalue weighted by molar-refractivity contribution is 7.77. The van der Waals surface area contributed by atoms with Crippen molar-refractivity contribution in [3.63, 3.8) is 0 Å². The predicted octanol–water partition coefficient (Wildman–Crippen LogP) is 0.885. The van der Waals surface area contributed by atoms with Gasteiger partial charge >= 0.3 is 6.09 Å². The number of rotatable bonds is 3. The van der Waals surface area contributed by atoms with Gasteiger partial charge in [0.15, 0.2) is 0 Å². The first-order valence-electron chi connectivity index (χ1n) is 4.97. The SMILES string of the molecule is CC(C)(C)OC(=O)N(S(=O)O)C1(CO)CC1. The third kappa shape index (κ3) is 2.93. The fraction of sp³-hybridized carbons (Fsp3) is 0.889. The molecular formula is C9H17NO5S. The van der Waals surface area contributed by atoms with Crippen LogP contribution >= 0.6 is 0 Å². The Morgan fingerprint density at radius 2 is 2.00 bits per heavy atom. The molecule has 1 saturated carbocycles. The summed E-state index contributed by atoms with van der Waals surface area (Å²) in [6.45, 7) is 4.67. The molecule has 1 aliphatic rings. The molecule has 1 fully saturated rings. The Labute approximate surface area is 97.0 Å². The summed E-state index contributed by atoms with van der Waals surface area (Å²) in [6.07, 6.45) is 0.143. The summed E-state index contributed by atoms with van der Waals surface area (Å²) in [7, 11) is 0. The molecule has 1 aliphatic carbocycles. The average molecular weight is 251 g/mol. The van der Waals surface area contributed by atoms with Crippen molar-refractivity contribution in [1.82, 2.24) is 4.31 Å². The van der Waals surface area contributed by atoms with Gasteiger partial charge in [-0.05, 0) is 33.6 Å². The van der Waals surface area contributed by atoms with E-state index in [0.29, 0.717) is 17.1 Å². The third-order valence-corrected chi connectivity index (χ3v) is 3.12. The lowest BCUT2D eigenvalue weighted by atomic mass is 10.2. The largest absolute Gasteiger partial charge is 0.443 e. The van der Waals surface area contributed by atoms with Crippen LogP contribution in [0.1, 0.15) is 33.6 Å². The first kappa shape index (κ1) is 13.4. The molecule has 1 unspecified atom stereocenters. The van der Waals surface area contributed by atoms with Gasteiger partial charge in [0.25, 0.3) is 11.3 Å². The van der Waals surface area contributed by atoms with Crippen molar-refractivity contribution in [3.8, 4) is 0 Å². The second kappa shape index (κ2) is 4.31. The molecule has 1 amide bonds. The molecule has 0 aromatic carbocycles.